The van der Waals surface area contributed by atoms with E-state index in [1.165, 1.54) is 24.3 Å². The van der Waals surface area contributed by atoms with Gasteiger partial charge in [0.15, 0.2) is 3.74 Å². The molecule has 0 aromatic heterocycles. The van der Waals surface area contributed by atoms with Crippen molar-refractivity contribution in [3.63, 3.8) is 0 Å². The third-order valence-electron chi connectivity index (χ3n) is 2.81. The first-order valence-electron chi connectivity index (χ1n) is 5.59. The van der Waals surface area contributed by atoms with Crippen LogP contribution in [0.25, 0.3) is 0 Å². The molecule has 0 bridgehead atoms. The Balaban J connectivity index is 2.71. The first-order chi connectivity index (χ1) is 9.21. The first-order valence-corrected chi connectivity index (χ1v) is 9.12. The summed E-state index contributed by atoms with van der Waals surface area (Å²) >= 11 is 0. The van der Waals surface area contributed by atoms with Crippen LogP contribution in [0.1, 0.15) is 0 Å². The van der Waals surface area contributed by atoms with Gasteiger partial charge in [0.05, 0.1) is 9.79 Å². The fraction of sp³-hybridized carbons (Fsp3) is 0.0769. The van der Waals surface area contributed by atoms with Gasteiger partial charge in [0, 0.05) is 6.26 Å². The van der Waals surface area contributed by atoms with Crippen LogP contribution in [-0.2, 0) is 13.1 Å². The normalized spacial score (nSPS) is 14.5. The van der Waals surface area contributed by atoms with Crippen molar-refractivity contribution < 1.29 is 32.2 Å². The van der Waals surface area contributed by atoms with Gasteiger partial charge in [-0.15, -0.1) is 0 Å². The van der Waals surface area contributed by atoms with Crippen LogP contribution in [0.2, 0.25) is 0 Å². The van der Waals surface area contributed by atoms with Crippen molar-refractivity contribution >= 4 is 9.35 Å². The molecule has 0 spiro atoms. The Hall–Kier alpha value is -1.28. The Morgan fingerprint density at radius 2 is 1.20 bits per heavy atom. The monoisotopic (exact) mass is 316 g/mol. The van der Waals surface area contributed by atoms with Crippen LogP contribution < -0.4 is 14.0 Å². The molecule has 2 aromatic carbocycles. The molecule has 0 unspecified atom stereocenters. The molecule has 0 atom stereocenters. The van der Waals surface area contributed by atoms with Crippen molar-refractivity contribution in [1.29, 1.82) is 0 Å². The van der Waals surface area contributed by atoms with E-state index in [9.17, 15) is 18.2 Å². The third-order valence-corrected chi connectivity index (χ3v) is 7.37. The van der Waals surface area contributed by atoms with Gasteiger partial charge in [0.2, 0.25) is 0 Å². The molecule has 0 heterocycles. The summed E-state index contributed by atoms with van der Waals surface area (Å²) in [5, 5.41) is 0. The fourth-order valence-corrected chi connectivity index (χ4v) is 5.78. The molecule has 0 saturated carbocycles. The minimum atomic E-state index is -4.85. The average Bonchev–Trinajstić information content (AvgIpc) is 2.39. The first kappa shape index (κ1) is 15.1. The second-order valence-corrected chi connectivity index (χ2v) is 9.00. The van der Waals surface area contributed by atoms with Crippen LogP contribution in [0.3, 0.4) is 0 Å². The maximum absolute atomic E-state index is 13.4. The molecule has 0 radical (unpaired) electrons. The molecular weight excluding hydrogens is 304 g/mol. The van der Waals surface area contributed by atoms with Gasteiger partial charge in [-0.25, -0.2) is 0 Å². The Labute approximate surface area is 118 Å². The smallest absolute Gasteiger partial charge is 0.186 e. The summed E-state index contributed by atoms with van der Waals surface area (Å²) in [4.78, 5) is 0.255. The van der Waals surface area contributed by atoms with E-state index in [-0.39, 0.29) is 9.79 Å². The van der Waals surface area contributed by atoms with Crippen LogP contribution >= 0.6 is 0 Å². The molecule has 0 N–H and O–H groups in total. The quantitative estimate of drug-likeness (QED) is 0.749. The summed E-state index contributed by atoms with van der Waals surface area (Å²) in [6.07, 6.45) is 1.13. The van der Waals surface area contributed by atoms with Crippen LogP contribution in [0, 0.1) is 10.2 Å². The topological polar surface area (TPSA) is 95.5 Å². The minimum absolute atomic E-state index is 0.127. The molecular formula is C13H13ClO5S. The number of rotatable bonds is 4. The maximum Gasteiger partial charge on any atom is 0.198 e. The molecule has 2 aromatic rings. The molecule has 0 amide bonds. The zero-order chi connectivity index (χ0) is 14.9. The Kier molecular flexibility index (Phi) is 3.72. The Bertz CT molecular complexity index is 608. The predicted octanol–water partition coefficient (Wildman–Crippen LogP) is -0.617. The number of halogens is 1. The van der Waals surface area contributed by atoms with E-state index in [0.717, 1.165) is 6.26 Å². The number of hydrogen-bond acceptors (Lipinski definition) is 5. The second kappa shape index (κ2) is 4.92. The van der Waals surface area contributed by atoms with Gasteiger partial charge in [0.1, 0.15) is 10.2 Å². The van der Waals surface area contributed by atoms with E-state index in [0.29, 0.717) is 0 Å². The fourth-order valence-electron chi connectivity index (χ4n) is 1.87. The number of benzene rings is 2. The molecule has 0 aliphatic rings. The highest BCUT2D eigenvalue weighted by Gasteiger charge is 2.45. The van der Waals surface area contributed by atoms with Gasteiger partial charge in [-0.1, -0.05) is 36.4 Å². The lowest BCUT2D eigenvalue weighted by atomic mass is 10.4. The van der Waals surface area contributed by atoms with Gasteiger partial charge in [-0.2, -0.15) is 18.2 Å². The number of hydrogen-bond donors (Lipinski definition) is 0. The molecule has 0 saturated heterocycles. The highest BCUT2D eigenvalue weighted by Crippen LogP contribution is 2.43. The van der Waals surface area contributed by atoms with Gasteiger partial charge in [-0.05, 0) is 33.6 Å². The van der Waals surface area contributed by atoms with Gasteiger partial charge >= 0.3 is 0 Å². The van der Waals surface area contributed by atoms with Gasteiger partial charge in [-0.3, -0.25) is 0 Å². The summed E-state index contributed by atoms with van der Waals surface area (Å²) in [7, 11) is -9.35. The second-order valence-electron chi connectivity index (χ2n) is 4.31. The standard InChI is InChI=1S/C13H13ClO5S/c1-20(18,19-14(15,16)17,12-8-4-2-5-9-12)13-10-6-3-7-11-13/h2-11H,1H3. The summed E-state index contributed by atoms with van der Waals surface area (Å²) in [6.45, 7) is 0. The van der Waals surface area contributed by atoms with Crippen molar-refractivity contribution in [1.82, 2.24) is 0 Å². The predicted molar refractivity (Wildman–Crippen MR) is 64.6 cm³/mol. The van der Waals surface area contributed by atoms with E-state index < -0.39 is 19.6 Å². The zero-order valence-electron chi connectivity index (χ0n) is 10.6. The van der Waals surface area contributed by atoms with Crippen molar-refractivity contribution in [2.24, 2.45) is 0 Å². The van der Waals surface area contributed by atoms with Gasteiger partial charge in [0.25, 0.3) is 0 Å². The molecule has 0 aliphatic carbocycles. The zero-order valence-corrected chi connectivity index (χ0v) is 12.2. The van der Waals surface area contributed by atoms with E-state index in [4.69, 9.17) is 0 Å². The molecule has 5 nitrogen and oxygen atoms in total. The average molecular weight is 317 g/mol. The highest BCUT2D eigenvalue weighted by atomic mass is 35.7. The van der Waals surface area contributed by atoms with E-state index in [1.807, 2.05) is 0 Å². The maximum atomic E-state index is 13.4. The van der Waals surface area contributed by atoms with Crippen molar-refractivity contribution in [3.8, 4) is 0 Å². The van der Waals surface area contributed by atoms with Crippen molar-refractivity contribution in [3.05, 3.63) is 60.7 Å². The van der Waals surface area contributed by atoms with Crippen LogP contribution in [-0.4, -0.2) is 10.5 Å². The molecule has 0 aliphatic heterocycles. The van der Waals surface area contributed by atoms with Gasteiger partial charge < -0.3 is 0 Å². The van der Waals surface area contributed by atoms with Crippen molar-refractivity contribution in [2.75, 3.05) is 6.26 Å². The Morgan fingerprint density at radius 3 is 1.50 bits per heavy atom. The van der Waals surface area contributed by atoms with E-state index in [2.05, 4.69) is 3.74 Å². The van der Waals surface area contributed by atoms with E-state index in [1.54, 1.807) is 36.4 Å². The molecule has 20 heavy (non-hydrogen) atoms. The van der Waals surface area contributed by atoms with Crippen LogP contribution in [0.4, 0.5) is 0 Å². The Morgan fingerprint density at radius 1 is 0.850 bits per heavy atom. The lowest BCUT2D eigenvalue weighted by Gasteiger charge is -2.38. The van der Waals surface area contributed by atoms with Crippen molar-refractivity contribution in [2.45, 2.75) is 9.79 Å². The summed E-state index contributed by atoms with van der Waals surface area (Å²) < 4.78 is 51.0. The lowest BCUT2D eigenvalue weighted by Crippen LogP contribution is -2.64. The summed E-state index contributed by atoms with van der Waals surface area (Å²) in [5.74, 6) is 0. The lowest BCUT2D eigenvalue weighted by molar-refractivity contribution is -1.91. The van der Waals surface area contributed by atoms with Crippen LogP contribution in [0.5, 0.6) is 0 Å². The minimum Gasteiger partial charge on any atom is -0.186 e. The largest absolute Gasteiger partial charge is 0.198 e. The SMILES string of the molecule is CS(=O)(O[Cl+3]([O-])([O-])[O-])(c1ccccc1)c1ccccc1. The molecule has 0 fully saturated rings. The van der Waals surface area contributed by atoms with Crippen LogP contribution in [0.15, 0.2) is 70.5 Å². The summed E-state index contributed by atoms with van der Waals surface area (Å²) in [6, 6.07) is 15.6. The highest BCUT2D eigenvalue weighted by molar-refractivity contribution is 8.15. The van der Waals surface area contributed by atoms with E-state index >= 15 is 0 Å². The molecule has 7 heteroatoms. The molecule has 108 valence electrons. The molecule has 2 rings (SSSR count). The summed E-state index contributed by atoms with van der Waals surface area (Å²) in [5.41, 5.74) is 0. The third kappa shape index (κ3) is 2.90.